The molecule has 3 aromatic rings. The number of carbonyl (C=O) groups is 2. The van der Waals surface area contributed by atoms with E-state index >= 15 is 0 Å². The highest BCUT2D eigenvalue weighted by atomic mass is 35.5. The van der Waals surface area contributed by atoms with E-state index in [9.17, 15) is 14.0 Å². The second-order valence-corrected chi connectivity index (χ2v) is 5.83. The van der Waals surface area contributed by atoms with Crippen molar-refractivity contribution in [2.75, 3.05) is 17.2 Å². The first-order valence-electron chi connectivity index (χ1n) is 7.84. The van der Waals surface area contributed by atoms with Gasteiger partial charge in [0.05, 0.1) is 11.3 Å². The third-order valence-electron chi connectivity index (χ3n) is 3.43. The van der Waals surface area contributed by atoms with E-state index in [1.54, 1.807) is 36.4 Å². The number of furan rings is 1. The van der Waals surface area contributed by atoms with Crippen LogP contribution in [0, 0.1) is 5.82 Å². The summed E-state index contributed by atoms with van der Waals surface area (Å²) in [5, 5.41) is 5.23. The molecule has 2 amide bonds. The number of hydrogen-bond donors (Lipinski definition) is 2. The molecule has 27 heavy (non-hydrogen) atoms. The number of rotatable bonds is 6. The Morgan fingerprint density at radius 3 is 2.37 bits per heavy atom. The Morgan fingerprint density at radius 2 is 1.74 bits per heavy atom. The van der Waals surface area contributed by atoms with Gasteiger partial charge in [-0.3, -0.25) is 9.59 Å². The van der Waals surface area contributed by atoms with Crippen LogP contribution in [0.1, 0.15) is 10.6 Å². The number of carbonyl (C=O) groups excluding carboxylic acids is 2. The molecule has 0 unspecified atom stereocenters. The van der Waals surface area contributed by atoms with Crippen molar-refractivity contribution >= 4 is 34.8 Å². The monoisotopic (exact) mass is 388 g/mol. The lowest BCUT2D eigenvalue weighted by atomic mass is 10.2. The van der Waals surface area contributed by atoms with E-state index in [1.165, 1.54) is 18.4 Å². The summed E-state index contributed by atoms with van der Waals surface area (Å²) in [7, 11) is 0. The van der Waals surface area contributed by atoms with Gasteiger partial charge in [0.15, 0.2) is 12.4 Å². The van der Waals surface area contributed by atoms with E-state index in [1.807, 2.05) is 0 Å². The number of nitrogens with one attached hydrogen (secondary N) is 2. The molecule has 0 bridgehead atoms. The fourth-order valence-corrected chi connectivity index (χ4v) is 2.32. The molecular weight excluding hydrogens is 375 g/mol. The molecule has 1 heterocycles. The molecule has 0 aliphatic rings. The van der Waals surface area contributed by atoms with Gasteiger partial charge in [-0.25, -0.2) is 4.39 Å². The van der Waals surface area contributed by atoms with E-state index < -0.39 is 11.7 Å². The van der Waals surface area contributed by atoms with Crippen LogP contribution in [0.4, 0.5) is 15.8 Å². The Hall–Kier alpha value is -3.32. The van der Waals surface area contributed by atoms with Crippen LogP contribution in [0.5, 0.6) is 5.75 Å². The zero-order valence-electron chi connectivity index (χ0n) is 13.9. The molecular formula is C19H14ClFN2O4. The summed E-state index contributed by atoms with van der Waals surface area (Å²) in [6.45, 7) is -0.265. The fraction of sp³-hybridized carbons (Fsp3) is 0.0526. The van der Waals surface area contributed by atoms with Gasteiger partial charge >= 0.3 is 0 Å². The molecule has 0 aliphatic carbocycles. The Bertz CT molecular complexity index is 943. The van der Waals surface area contributed by atoms with Crippen LogP contribution >= 0.6 is 11.6 Å². The van der Waals surface area contributed by atoms with Gasteiger partial charge in [-0.15, -0.1) is 0 Å². The number of ether oxygens (including phenoxy) is 1. The van der Waals surface area contributed by atoms with Crippen LogP contribution in [0.2, 0.25) is 5.02 Å². The summed E-state index contributed by atoms with van der Waals surface area (Å²) < 4.78 is 23.4. The number of hydrogen-bond acceptors (Lipinski definition) is 4. The first-order valence-corrected chi connectivity index (χ1v) is 8.22. The van der Waals surface area contributed by atoms with E-state index in [-0.39, 0.29) is 29.0 Å². The SMILES string of the molecule is O=C(COc1ccc(F)c(Cl)c1)Nc1ccc(NC(=O)c2ccco2)cc1. The normalized spacial score (nSPS) is 10.3. The van der Waals surface area contributed by atoms with Gasteiger partial charge < -0.3 is 19.8 Å². The van der Waals surface area contributed by atoms with Gasteiger partial charge in [0.25, 0.3) is 11.8 Å². The second kappa shape index (κ2) is 8.37. The minimum absolute atomic E-state index is 0.0832. The van der Waals surface area contributed by atoms with Crippen LogP contribution in [0.25, 0.3) is 0 Å². The molecule has 0 spiro atoms. The van der Waals surface area contributed by atoms with Gasteiger partial charge in [-0.05, 0) is 48.5 Å². The summed E-state index contributed by atoms with van der Waals surface area (Å²) in [5.74, 6) is -0.850. The molecule has 8 heteroatoms. The minimum Gasteiger partial charge on any atom is -0.484 e. The number of anilines is 2. The predicted octanol–water partition coefficient (Wildman–Crippen LogP) is 4.34. The Labute approximate surface area is 158 Å². The van der Waals surface area contributed by atoms with Crippen LogP contribution in [-0.2, 0) is 4.79 Å². The summed E-state index contributed by atoms with van der Waals surface area (Å²) in [4.78, 5) is 23.8. The molecule has 2 N–H and O–H groups in total. The average molecular weight is 389 g/mol. The van der Waals surface area contributed by atoms with Crippen molar-refractivity contribution in [3.05, 3.63) is 77.5 Å². The Balaban J connectivity index is 1.50. The molecule has 0 radical (unpaired) electrons. The Kier molecular flexibility index (Phi) is 5.73. The van der Waals surface area contributed by atoms with Crippen LogP contribution in [0.3, 0.4) is 0 Å². The predicted molar refractivity (Wildman–Crippen MR) is 98.6 cm³/mol. The lowest BCUT2D eigenvalue weighted by Gasteiger charge is -2.09. The van der Waals surface area contributed by atoms with Gasteiger partial charge in [0.1, 0.15) is 11.6 Å². The molecule has 0 saturated carbocycles. The summed E-state index contributed by atoms with van der Waals surface area (Å²) >= 11 is 5.65. The molecule has 0 atom stereocenters. The van der Waals surface area contributed by atoms with Gasteiger partial charge in [0.2, 0.25) is 0 Å². The van der Waals surface area contributed by atoms with E-state index in [0.29, 0.717) is 11.4 Å². The average Bonchev–Trinajstić information content (AvgIpc) is 3.19. The van der Waals surface area contributed by atoms with Gasteiger partial charge in [0, 0.05) is 17.4 Å². The first-order chi connectivity index (χ1) is 13.0. The number of benzene rings is 2. The summed E-state index contributed by atoms with van der Waals surface area (Å²) in [5.41, 5.74) is 1.07. The Morgan fingerprint density at radius 1 is 1.04 bits per heavy atom. The first kappa shape index (κ1) is 18.5. The van der Waals surface area contributed by atoms with E-state index in [2.05, 4.69) is 10.6 Å². The molecule has 2 aromatic carbocycles. The zero-order valence-corrected chi connectivity index (χ0v) is 14.6. The maximum absolute atomic E-state index is 13.1. The lowest BCUT2D eigenvalue weighted by Crippen LogP contribution is -2.20. The van der Waals surface area contributed by atoms with Crippen molar-refractivity contribution in [1.82, 2.24) is 0 Å². The van der Waals surface area contributed by atoms with Gasteiger partial charge in [-0.1, -0.05) is 11.6 Å². The van der Waals surface area contributed by atoms with E-state index in [0.717, 1.165) is 6.07 Å². The molecule has 138 valence electrons. The van der Waals surface area contributed by atoms with Crippen LogP contribution in [-0.4, -0.2) is 18.4 Å². The lowest BCUT2D eigenvalue weighted by molar-refractivity contribution is -0.118. The number of amides is 2. The standard InChI is InChI=1S/C19H14ClFN2O4/c20-15-10-14(7-8-16(15)21)27-11-18(24)22-12-3-5-13(6-4-12)23-19(25)17-2-1-9-26-17/h1-10H,11H2,(H,22,24)(H,23,25). The van der Waals surface area contributed by atoms with Crippen molar-refractivity contribution in [2.24, 2.45) is 0 Å². The zero-order chi connectivity index (χ0) is 19.2. The number of halogens is 2. The van der Waals surface area contributed by atoms with Crippen LogP contribution < -0.4 is 15.4 Å². The molecule has 0 saturated heterocycles. The third kappa shape index (κ3) is 5.08. The van der Waals surface area contributed by atoms with Gasteiger partial charge in [-0.2, -0.15) is 0 Å². The molecule has 6 nitrogen and oxygen atoms in total. The fourth-order valence-electron chi connectivity index (χ4n) is 2.15. The van der Waals surface area contributed by atoms with Crippen molar-refractivity contribution < 1.29 is 23.1 Å². The summed E-state index contributed by atoms with van der Waals surface area (Å²) in [6, 6.07) is 13.5. The quantitative estimate of drug-likeness (QED) is 0.658. The maximum Gasteiger partial charge on any atom is 0.291 e. The highest BCUT2D eigenvalue weighted by molar-refractivity contribution is 6.30. The third-order valence-corrected chi connectivity index (χ3v) is 3.72. The maximum atomic E-state index is 13.1. The molecule has 0 fully saturated rings. The van der Waals surface area contributed by atoms with Crippen molar-refractivity contribution in [2.45, 2.75) is 0 Å². The second-order valence-electron chi connectivity index (χ2n) is 5.42. The minimum atomic E-state index is -0.562. The molecule has 1 aromatic heterocycles. The van der Waals surface area contributed by atoms with E-state index in [4.69, 9.17) is 20.8 Å². The highest BCUT2D eigenvalue weighted by Crippen LogP contribution is 2.21. The largest absolute Gasteiger partial charge is 0.484 e. The van der Waals surface area contributed by atoms with Crippen LogP contribution in [0.15, 0.2) is 65.3 Å². The summed E-state index contributed by atoms with van der Waals surface area (Å²) in [6.07, 6.45) is 1.41. The molecule has 3 rings (SSSR count). The van der Waals surface area contributed by atoms with Crippen molar-refractivity contribution in [3.8, 4) is 5.75 Å². The van der Waals surface area contributed by atoms with Crippen molar-refractivity contribution in [3.63, 3.8) is 0 Å². The molecule has 0 aliphatic heterocycles. The smallest absolute Gasteiger partial charge is 0.291 e. The highest BCUT2D eigenvalue weighted by Gasteiger charge is 2.09. The van der Waals surface area contributed by atoms with Crippen molar-refractivity contribution in [1.29, 1.82) is 0 Å². The topological polar surface area (TPSA) is 80.6 Å².